The summed E-state index contributed by atoms with van der Waals surface area (Å²) in [6.07, 6.45) is 3.88. The average molecular weight is 347 g/mol. The molecule has 1 aliphatic rings. The lowest BCUT2D eigenvalue weighted by Gasteiger charge is -2.34. The number of anilines is 1. The molecular formula is C15H17N5OS2. The predicted octanol–water partition coefficient (Wildman–Crippen LogP) is 2.08. The first-order valence-corrected chi connectivity index (χ1v) is 9.28. The maximum Gasteiger partial charge on any atom is 0.239 e. The second-order valence-electron chi connectivity index (χ2n) is 5.33. The molecule has 1 N–H and O–H groups in total. The summed E-state index contributed by atoms with van der Waals surface area (Å²) < 4.78 is 1.79. The Morgan fingerprint density at radius 3 is 3.22 bits per heavy atom. The number of carbonyl (C=O) groups excluding carboxylic acids is 1. The lowest BCUT2D eigenvalue weighted by molar-refractivity contribution is -0.117. The first kappa shape index (κ1) is 16.1. The fraction of sp³-hybridized carbons (Fsp3) is 0.400. The zero-order valence-corrected chi connectivity index (χ0v) is 14.4. The first-order valence-electron chi connectivity index (χ1n) is 7.25. The van der Waals surface area contributed by atoms with Crippen molar-refractivity contribution in [1.29, 1.82) is 5.26 Å². The molecule has 0 aromatic carbocycles. The second kappa shape index (κ2) is 7.17. The largest absolute Gasteiger partial charge is 0.315 e. The van der Waals surface area contributed by atoms with Gasteiger partial charge in [-0.2, -0.15) is 22.1 Å². The van der Waals surface area contributed by atoms with Crippen molar-refractivity contribution in [3.63, 3.8) is 0 Å². The molecule has 1 atom stereocenters. The Balaban J connectivity index is 1.67. The van der Waals surface area contributed by atoms with E-state index in [9.17, 15) is 4.79 Å². The summed E-state index contributed by atoms with van der Waals surface area (Å²) in [5, 5.41) is 18.5. The van der Waals surface area contributed by atoms with Crippen molar-refractivity contribution in [3.8, 4) is 6.07 Å². The van der Waals surface area contributed by atoms with Crippen LogP contribution in [0.25, 0.3) is 0 Å². The van der Waals surface area contributed by atoms with Gasteiger partial charge in [0.15, 0.2) is 0 Å². The van der Waals surface area contributed by atoms with Crippen molar-refractivity contribution in [3.05, 3.63) is 35.0 Å². The monoisotopic (exact) mass is 347 g/mol. The quantitative estimate of drug-likeness (QED) is 0.917. The minimum absolute atomic E-state index is 0.0789. The number of nitrogens with one attached hydrogen (secondary N) is 1. The van der Waals surface area contributed by atoms with Crippen LogP contribution in [0.3, 0.4) is 0 Å². The summed E-state index contributed by atoms with van der Waals surface area (Å²) in [6, 6.07) is 4.01. The number of hydrogen-bond acceptors (Lipinski definition) is 6. The number of aryl methyl sites for hydroxylation is 1. The van der Waals surface area contributed by atoms with Gasteiger partial charge in [-0.15, -0.1) is 11.3 Å². The molecule has 6 nitrogen and oxygen atoms in total. The van der Waals surface area contributed by atoms with E-state index in [1.54, 1.807) is 10.7 Å². The van der Waals surface area contributed by atoms with Gasteiger partial charge in [0, 0.05) is 42.9 Å². The Labute approximate surface area is 143 Å². The highest BCUT2D eigenvalue weighted by atomic mass is 32.2. The molecule has 23 heavy (non-hydrogen) atoms. The van der Waals surface area contributed by atoms with Gasteiger partial charge in [-0.1, -0.05) is 0 Å². The molecule has 2 aromatic heterocycles. The van der Waals surface area contributed by atoms with Crippen LogP contribution in [0.5, 0.6) is 0 Å². The SMILES string of the molecule is Cn1cc(C2CSCCN2CC(=O)Nc2sccc2C#N)cn1. The first-order chi connectivity index (χ1) is 11.2. The third kappa shape index (κ3) is 3.75. The van der Waals surface area contributed by atoms with Gasteiger partial charge in [-0.25, -0.2) is 0 Å². The number of thiophene rings is 1. The van der Waals surface area contributed by atoms with E-state index in [1.165, 1.54) is 11.3 Å². The number of aromatic nitrogens is 2. The van der Waals surface area contributed by atoms with E-state index >= 15 is 0 Å². The molecule has 3 rings (SSSR count). The number of thioether (sulfide) groups is 1. The van der Waals surface area contributed by atoms with Crippen LogP contribution in [-0.2, 0) is 11.8 Å². The van der Waals surface area contributed by atoms with Gasteiger partial charge in [0.05, 0.1) is 18.3 Å². The minimum Gasteiger partial charge on any atom is -0.315 e. The average Bonchev–Trinajstić information content (AvgIpc) is 3.16. The Hall–Kier alpha value is -1.82. The summed E-state index contributed by atoms with van der Waals surface area (Å²) >= 11 is 3.27. The van der Waals surface area contributed by atoms with Crippen molar-refractivity contribution in [1.82, 2.24) is 14.7 Å². The Bertz CT molecular complexity index is 732. The zero-order valence-electron chi connectivity index (χ0n) is 12.7. The van der Waals surface area contributed by atoms with Crippen LogP contribution in [-0.4, -0.2) is 45.2 Å². The van der Waals surface area contributed by atoms with Gasteiger partial charge in [0.2, 0.25) is 5.91 Å². The van der Waals surface area contributed by atoms with E-state index in [0.29, 0.717) is 17.1 Å². The van der Waals surface area contributed by atoms with Crippen LogP contribution >= 0.6 is 23.1 Å². The third-order valence-electron chi connectivity index (χ3n) is 3.73. The van der Waals surface area contributed by atoms with E-state index in [2.05, 4.69) is 21.4 Å². The highest BCUT2D eigenvalue weighted by Crippen LogP contribution is 2.29. The van der Waals surface area contributed by atoms with E-state index in [1.807, 2.05) is 36.6 Å². The molecule has 1 saturated heterocycles. The van der Waals surface area contributed by atoms with Crippen molar-refractivity contribution in [2.45, 2.75) is 6.04 Å². The molecule has 8 heteroatoms. The number of nitriles is 1. The molecule has 1 fully saturated rings. The Kier molecular flexibility index (Phi) is 5.00. The number of amides is 1. The minimum atomic E-state index is -0.0789. The van der Waals surface area contributed by atoms with Crippen LogP contribution in [0.15, 0.2) is 23.8 Å². The fourth-order valence-electron chi connectivity index (χ4n) is 2.59. The maximum atomic E-state index is 12.3. The van der Waals surface area contributed by atoms with Gasteiger partial charge in [0.25, 0.3) is 0 Å². The standard InChI is InChI=1S/C15H17N5OS2/c1-19-8-12(7-17-19)13-10-22-5-3-20(13)9-14(21)18-15-11(6-16)2-4-23-15/h2,4,7-8,13H,3,5,9-10H2,1H3,(H,18,21). The van der Waals surface area contributed by atoms with Gasteiger partial charge in [-0.05, 0) is 11.4 Å². The van der Waals surface area contributed by atoms with Crippen LogP contribution in [0.2, 0.25) is 0 Å². The van der Waals surface area contributed by atoms with Crippen LogP contribution in [0.4, 0.5) is 5.00 Å². The molecule has 120 valence electrons. The fourth-order valence-corrected chi connectivity index (χ4v) is 4.50. The maximum absolute atomic E-state index is 12.3. The summed E-state index contributed by atoms with van der Waals surface area (Å²) in [5.74, 6) is 1.90. The molecule has 0 saturated carbocycles. The molecule has 1 unspecified atom stereocenters. The van der Waals surface area contributed by atoms with Crippen molar-refractivity contribution < 1.29 is 4.79 Å². The lowest BCUT2D eigenvalue weighted by atomic mass is 10.1. The van der Waals surface area contributed by atoms with Crippen LogP contribution in [0, 0.1) is 11.3 Å². The zero-order chi connectivity index (χ0) is 16.2. The van der Waals surface area contributed by atoms with Gasteiger partial charge in [-0.3, -0.25) is 14.4 Å². The summed E-state index contributed by atoms with van der Waals surface area (Å²) in [6.45, 7) is 1.19. The number of hydrogen-bond donors (Lipinski definition) is 1. The topological polar surface area (TPSA) is 74.0 Å². The summed E-state index contributed by atoms with van der Waals surface area (Å²) in [4.78, 5) is 14.5. The van der Waals surface area contributed by atoms with E-state index < -0.39 is 0 Å². The van der Waals surface area contributed by atoms with E-state index in [-0.39, 0.29) is 11.9 Å². The van der Waals surface area contributed by atoms with E-state index in [4.69, 9.17) is 5.26 Å². The summed E-state index contributed by atoms with van der Waals surface area (Å²) in [5.41, 5.74) is 1.66. The number of rotatable bonds is 4. The lowest BCUT2D eigenvalue weighted by Crippen LogP contribution is -2.41. The molecule has 0 spiro atoms. The normalized spacial score (nSPS) is 18.5. The highest BCUT2D eigenvalue weighted by Gasteiger charge is 2.27. The second-order valence-corrected chi connectivity index (χ2v) is 7.40. The van der Waals surface area contributed by atoms with Crippen molar-refractivity contribution in [2.24, 2.45) is 7.05 Å². The van der Waals surface area contributed by atoms with Crippen LogP contribution < -0.4 is 5.32 Å². The van der Waals surface area contributed by atoms with E-state index in [0.717, 1.165) is 23.6 Å². The smallest absolute Gasteiger partial charge is 0.239 e. The Morgan fingerprint density at radius 1 is 1.61 bits per heavy atom. The molecular weight excluding hydrogens is 330 g/mol. The predicted molar refractivity (Wildman–Crippen MR) is 92.5 cm³/mol. The van der Waals surface area contributed by atoms with Gasteiger partial charge in [0.1, 0.15) is 11.1 Å². The Morgan fingerprint density at radius 2 is 2.48 bits per heavy atom. The number of carbonyl (C=O) groups is 1. The van der Waals surface area contributed by atoms with Gasteiger partial charge >= 0.3 is 0 Å². The van der Waals surface area contributed by atoms with Crippen LogP contribution in [0.1, 0.15) is 17.2 Å². The summed E-state index contributed by atoms with van der Waals surface area (Å²) in [7, 11) is 1.90. The molecule has 0 bridgehead atoms. The van der Waals surface area contributed by atoms with Crippen molar-refractivity contribution in [2.75, 3.05) is 29.9 Å². The number of nitrogens with zero attached hydrogens (tertiary/aromatic N) is 4. The highest BCUT2D eigenvalue weighted by molar-refractivity contribution is 7.99. The third-order valence-corrected chi connectivity index (χ3v) is 5.59. The molecule has 0 radical (unpaired) electrons. The molecule has 2 aromatic rings. The van der Waals surface area contributed by atoms with Gasteiger partial charge < -0.3 is 5.32 Å². The molecule has 3 heterocycles. The molecule has 1 amide bonds. The molecule has 0 aliphatic carbocycles. The van der Waals surface area contributed by atoms with Crippen molar-refractivity contribution >= 4 is 34.0 Å². The molecule has 1 aliphatic heterocycles.